The first-order valence-electron chi connectivity index (χ1n) is 5.88. The number of fused-ring (bicyclic) bond motifs is 1. The molecule has 0 atom stereocenters. The van der Waals surface area contributed by atoms with Crippen molar-refractivity contribution in [1.82, 2.24) is 9.55 Å². The third kappa shape index (κ3) is 1.87. The van der Waals surface area contributed by atoms with Crippen LogP contribution in [0.25, 0.3) is 16.7 Å². The molecule has 3 rings (SSSR count). The van der Waals surface area contributed by atoms with Gasteiger partial charge in [0.15, 0.2) is 4.77 Å². The Morgan fingerprint density at radius 1 is 1.00 bits per heavy atom. The molecule has 0 aliphatic carbocycles. The summed E-state index contributed by atoms with van der Waals surface area (Å²) in [4.78, 5) is 3.10. The van der Waals surface area contributed by atoms with Gasteiger partial charge in [-0.25, -0.2) is 0 Å². The lowest BCUT2D eigenvalue weighted by atomic mass is 10.2. The van der Waals surface area contributed by atoms with Crippen LogP contribution in [0.3, 0.4) is 0 Å². The van der Waals surface area contributed by atoms with Crippen LogP contribution in [0.15, 0.2) is 42.5 Å². The lowest BCUT2D eigenvalue weighted by molar-refractivity contribution is 1.06. The van der Waals surface area contributed by atoms with Gasteiger partial charge in [-0.05, 0) is 48.6 Å². The van der Waals surface area contributed by atoms with Crippen LogP contribution < -0.4 is 0 Å². The van der Waals surface area contributed by atoms with Crippen molar-refractivity contribution in [3.63, 3.8) is 0 Å². The van der Waals surface area contributed by atoms with Gasteiger partial charge in [-0.2, -0.15) is 10.5 Å². The minimum absolute atomic E-state index is 0.533. The summed E-state index contributed by atoms with van der Waals surface area (Å²) in [7, 11) is 0. The summed E-state index contributed by atoms with van der Waals surface area (Å²) >= 11 is 5.34. The molecule has 0 unspecified atom stereocenters. The number of hydrogen-bond acceptors (Lipinski definition) is 3. The number of aromatic nitrogens is 2. The second-order valence-electron chi connectivity index (χ2n) is 4.27. The average Bonchev–Trinajstić information content (AvgIpc) is 2.82. The van der Waals surface area contributed by atoms with Crippen LogP contribution in [0.1, 0.15) is 11.1 Å². The Hall–Kier alpha value is -2.89. The van der Waals surface area contributed by atoms with Crippen molar-refractivity contribution in [2.75, 3.05) is 0 Å². The van der Waals surface area contributed by atoms with Gasteiger partial charge in [-0.3, -0.25) is 4.57 Å². The molecule has 5 heteroatoms. The van der Waals surface area contributed by atoms with E-state index < -0.39 is 0 Å². The second kappa shape index (κ2) is 4.65. The third-order valence-corrected chi connectivity index (χ3v) is 3.33. The summed E-state index contributed by atoms with van der Waals surface area (Å²) in [5.74, 6) is 0. The largest absolute Gasteiger partial charge is 0.330 e. The SMILES string of the molecule is N#Cc1cccc(-n2c(=S)[nH]c3ccc(C#N)cc32)c1. The fourth-order valence-electron chi connectivity index (χ4n) is 2.14. The fourth-order valence-corrected chi connectivity index (χ4v) is 2.46. The molecule has 0 bridgehead atoms. The molecule has 0 radical (unpaired) electrons. The number of nitrogens with zero attached hydrogens (tertiary/aromatic N) is 3. The maximum Gasteiger partial charge on any atom is 0.182 e. The predicted octanol–water partition coefficient (Wildman–Crippen LogP) is 3.43. The Bertz CT molecular complexity index is 950. The summed E-state index contributed by atoms with van der Waals surface area (Å²) < 4.78 is 2.36. The quantitative estimate of drug-likeness (QED) is 0.692. The van der Waals surface area contributed by atoms with Crippen LogP contribution in [0, 0.1) is 27.4 Å². The van der Waals surface area contributed by atoms with Gasteiger partial charge in [0.25, 0.3) is 0 Å². The Labute approximate surface area is 120 Å². The molecule has 3 aromatic rings. The van der Waals surface area contributed by atoms with E-state index in [-0.39, 0.29) is 0 Å². The molecule has 4 nitrogen and oxygen atoms in total. The third-order valence-electron chi connectivity index (χ3n) is 3.05. The minimum atomic E-state index is 0.533. The lowest BCUT2D eigenvalue weighted by Gasteiger charge is -2.04. The van der Waals surface area contributed by atoms with E-state index in [1.54, 1.807) is 24.3 Å². The van der Waals surface area contributed by atoms with Crippen molar-refractivity contribution in [1.29, 1.82) is 10.5 Å². The molecule has 0 fully saturated rings. The zero-order chi connectivity index (χ0) is 14.1. The van der Waals surface area contributed by atoms with Crippen LogP contribution in [0.4, 0.5) is 0 Å². The van der Waals surface area contributed by atoms with Crippen LogP contribution in [-0.4, -0.2) is 9.55 Å². The number of nitriles is 2. The standard InChI is InChI=1S/C15H8N4S/c16-8-10-2-1-3-12(6-10)19-14-7-11(9-17)4-5-13(14)18-15(19)20/h1-7H,(H,18,20). The van der Waals surface area contributed by atoms with Crippen LogP contribution >= 0.6 is 12.2 Å². The molecular formula is C15H8N4S. The molecular weight excluding hydrogens is 268 g/mol. The van der Waals surface area contributed by atoms with Gasteiger partial charge in [0.2, 0.25) is 0 Å². The van der Waals surface area contributed by atoms with Gasteiger partial charge in [0.05, 0.1) is 34.3 Å². The molecule has 1 heterocycles. The van der Waals surface area contributed by atoms with Gasteiger partial charge in [-0.1, -0.05) is 6.07 Å². The maximum atomic E-state index is 9.01. The minimum Gasteiger partial charge on any atom is -0.330 e. The highest BCUT2D eigenvalue weighted by molar-refractivity contribution is 7.71. The van der Waals surface area contributed by atoms with E-state index in [1.807, 2.05) is 22.8 Å². The second-order valence-corrected chi connectivity index (χ2v) is 4.66. The first-order valence-corrected chi connectivity index (χ1v) is 6.29. The normalized spacial score (nSPS) is 10.1. The van der Waals surface area contributed by atoms with Crippen molar-refractivity contribution in [3.8, 4) is 17.8 Å². The summed E-state index contributed by atoms with van der Waals surface area (Å²) in [6.07, 6.45) is 0. The number of H-pyrrole nitrogens is 1. The maximum absolute atomic E-state index is 9.01. The Morgan fingerprint density at radius 3 is 2.50 bits per heavy atom. The van der Waals surface area contributed by atoms with E-state index in [2.05, 4.69) is 17.1 Å². The van der Waals surface area contributed by atoms with Crippen molar-refractivity contribution >= 4 is 23.3 Å². The van der Waals surface area contributed by atoms with E-state index in [0.29, 0.717) is 15.9 Å². The average molecular weight is 276 g/mol. The van der Waals surface area contributed by atoms with Gasteiger partial charge in [0, 0.05) is 5.69 Å². The molecule has 0 saturated carbocycles. The van der Waals surface area contributed by atoms with E-state index in [9.17, 15) is 0 Å². The summed E-state index contributed by atoms with van der Waals surface area (Å²) in [5.41, 5.74) is 3.61. The molecule has 94 valence electrons. The monoisotopic (exact) mass is 276 g/mol. The summed E-state index contributed by atoms with van der Waals surface area (Å²) in [5, 5.41) is 18.0. The molecule has 0 amide bonds. The van der Waals surface area contributed by atoms with Crippen molar-refractivity contribution in [2.24, 2.45) is 0 Å². The number of nitrogens with one attached hydrogen (secondary N) is 1. The van der Waals surface area contributed by atoms with Gasteiger partial charge in [-0.15, -0.1) is 0 Å². The van der Waals surface area contributed by atoms with E-state index in [4.69, 9.17) is 22.7 Å². The smallest absolute Gasteiger partial charge is 0.182 e. The molecule has 0 spiro atoms. The van der Waals surface area contributed by atoms with Gasteiger partial charge in [0.1, 0.15) is 0 Å². The Kier molecular flexibility index (Phi) is 2.83. The van der Waals surface area contributed by atoms with Crippen molar-refractivity contribution in [2.45, 2.75) is 0 Å². The first kappa shape index (κ1) is 12.2. The molecule has 0 aliphatic rings. The number of rotatable bonds is 1. The fraction of sp³-hybridized carbons (Fsp3) is 0. The molecule has 0 saturated heterocycles. The van der Waals surface area contributed by atoms with Crippen molar-refractivity contribution in [3.05, 3.63) is 58.4 Å². The number of hydrogen-bond donors (Lipinski definition) is 1. The molecule has 1 N–H and O–H groups in total. The number of imidazole rings is 1. The van der Waals surface area contributed by atoms with Crippen LogP contribution in [-0.2, 0) is 0 Å². The summed E-state index contributed by atoms with van der Waals surface area (Å²) in [6.45, 7) is 0. The molecule has 0 aliphatic heterocycles. The highest BCUT2D eigenvalue weighted by Crippen LogP contribution is 2.21. The highest BCUT2D eigenvalue weighted by Gasteiger charge is 2.08. The predicted molar refractivity (Wildman–Crippen MR) is 77.9 cm³/mol. The zero-order valence-corrected chi connectivity index (χ0v) is 11.1. The van der Waals surface area contributed by atoms with Crippen LogP contribution in [0.5, 0.6) is 0 Å². The van der Waals surface area contributed by atoms with Crippen molar-refractivity contribution < 1.29 is 0 Å². The Balaban J connectivity index is 2.35. The molecule has 1 aromatic heterocycles. The van der Waals surface area contributed by atoms with E-state index in [1.165, 1.54) is 0 Å². The van der Waals surface area contributed by atoms with E-state index >= 15 is 0 Å². The Morgan fingerprint density at radius 2 is 1.75 bits per heavy atom. The van der Waals surface area contributed by atoms with E-state index in [0.717, 1.165) is 16.7 Å². The molecule has 20 heavy (non-hydrogen) atoms. The lowest BCUT2D eigenvalue weighted by Crippen LogP contribution is -1.94. The van der Waals surface area contributed by atoms with Crippen LogP contribution in [0.2, 0.25) is 0 Å². The van der Waals surface area contributed by atoms with Gasteiger partial charge >= 0.3 is 0 Å². The topological polar surface area (TPSA) is 68.3 Å². The zero-order valence-electron chi connectivity index (χ0n) is 10.3. The summed E-state index contributed by atoms with van der Waals surface area (Å²) in [6, 6.07) is 16.8. The molecule has 2 aromatic carbocycles. The van der Waals surface area contributed by atoms with Gasteiger partial charge < -0.3 is 4.98 Å². The first-order chi connectivity index (χ1) is 9.72. The highest BCUT2D eigenvalue weighted by atomic mass is 32.1. The number of benzene rings is 2. The number of aromatic amines is 1.